The molecule has 1 aliphatic rings. The number of hydrogen-bond acceptors (Lipinski definition) is 5. The molecular weight excluding hydrogens is 270 g/mol. The third-order valence-electron chi connectivity index (χ3n) is 4.44. The van der Waals surface area contributed by atoms with Gasteiger partial charge in [0.15, 0.2) is 0 Å². The second-order valence-corrected chi connectivity index (χ2v) is 7.12. The van der Waals surface area contributed by atoms with Crippen molar-refractivity contribution in [1.82, 2.24) is 0 Å². The highest BCUT2D eigenvalue weighted by Gasteiger charge is 2.38. The van der Waals surface area contributed by atoms with Crippen molar-refractivity contribution in [3.63, 3.8) is 0 Å². The predicted octanol–water partition coefficient (Wildman–Crippen LogP) is 1.71. The number of nitrogens with two attached hydrogens (primary N) is 1. The van der Waals surface area contributed by atoms with Gasteiger partial charge in [-0.25, -0.2) is 0 Å². The van der Waals surface area contributed by atoms with E-state index in [0.29, 0.717) is 18.6 Å². The molecule has 1 fully saturated rings. The van der Waals surface area contributed by atoms with Crippen LogP contribution >= 0.6 is 0 Å². The van der Waals surface area contributed by atoms with Gasteiger partial charge < -0.3 is 25.1 Å². The van der Waals surface area contributed by atoms with E-state index in [-0.39, 0.29) is 24.9 Å². The van der Waals surface area contributed by atoms with Gasteiger partial charge in [0.05, 0.1) is 31.5 Å². The van der Waals surface area contributed by atoms with Gasteiger partial charge >= 0.3 is 0 Å². The zero-order valence-electron chi connectivity index (χ0n) is 14.1. The van der Waals surface area contributed by atoms with Crippen LogP contribution in [0.4, 0.5) is 0 Å². The Balaban J connectivity index is 2.31. The molecule has 21 heavy (non-hydrogen) atoms. The lowest BCUT2D eigenvalue weighted by atomic mass is 9.71. The molecule has 0 bridgehead atoms. The smallest absolute Gasteiger partial charge is 0.101 e. The van der Waals surface area contributed by atoms with Gasteiger partial charge in [-0.1, -0.05) is 13.8 Å². The summed E-state index contributed by atoms with van der Waals surface area (Å²) >= 11 is 0. The fourth-order valence-corrected chi connectivity index (χ4v) is 2.67. The number of aliphatic hydroxyl groups excluding tert-OH is 1. The standard InChI is InChI=1S/C16H33NO4/c1-13(9-19-4)20-10-14(18)11-21-16(12-17)7-5-15(2,3)6-8-16/h13-14,18H,5-12,17H2,1-4H3. The number of rotatable bonds is 9. The fourth-order valence-electron chi connectivity index (χ4n) is 2.67. The summed E-state index contributed by atoms with van der Waals surface area (Å²) in [5, 5.41) is 9.98. The van der Waals surface area contributed by atoms with E-state index in [1.165, 1.54) is 0 Å². The highest BCUT2D eigenvalue weighted by atomic mass is 16.5. The Morgan fingerprint density at radius 1 is 1.10 bits per heavy atom. The van der Waals surface area contributed by atoms with Crippen molar-refractivity contribution in [2.45, 2.75) is 64.3 Å². The Kier molecular flexibility index (Phi) is 7.57. The van der Waals surface area contributed by atoms with Crippen LogP contribution in [-0.4, -0.2) is 56.4 Å². The summed E-state index contributed by atoms with van der Waals surface area (Å²) in [7, 11) is 1.63. The van der Waals surface area contributed by atoms with Crippen LogP contribution in [0, 0.1) is 5.41 Å². The minimum Gasteiger partial charge on any atom is -0.388 e. The molecule has 0 radical (unpaired) electrons. The van der Waals surface area contributed by atoms with Crippen LogP contribution in [0.3, 0.4) is 0 Å². The minimum absolute atomic E-state index is 0.0244. The second-order valence-electron chi connectivity index (χ2n) is 7.12. The molecule has 5 heteroatoms. The lowest BCUT2D eigenvalue weighted by Crippen LogP contribution is -2.47. The van der Waals surface area contributed by atoms with E-state index >= 15 is 0 Å². The molecule has 1 aliphatic carbocycles. The first kappa shape index (κ1) is 18.8. The van der Waals surface area contributed by atoms with Gasteiger partial charge in [0.2, 0.25) is 0 Å². The van der Waals surface area contributed by atoms with E-state index in [0.717, 1.165) is 25.7 Å². The van der Waals surface area contributed by atoms with Crippen LogP contribution in [0.25, 0.3) is 0 Å². The SMILES string of the molecule is COCC(C)OCC(O)COC1(CN)CCC(C)(C)CC1. The van der Waals surface area contributed by atoms with E-state index in [2.05, 4.69) is 13.8 Å². The second kappa shape index (κ2) is 8.44. The average Bonchev–Trinajstić information content (AvgIpc) is 2.45. The fraction of sp³-hybridized carbons (Fsp3) is 1.00. The third-order valence-corrected chi connectivity index (χ3v) is 4.44. The van der Waals surface area contributed by atoms with Crippen molar-refractivity contribution in [3.8, 4) is 0 Å². The van der Waals surface area contributed by atoms with Crippen LogP contribution in [0.1, 0.15) is 46.5 Å². The van der Waals surface area contributed by atoms with E-state index in [1.54, 1.807) is 7.11 Å². The maximum Gasteiger partial charge on any atom is 0.101 e. The molecule has 0 aliphatic heterocycles. The third kappa shape index (κ3) is 6.61. The summed E-state index contributed by atoms with van der Waals surface area (Å²) in [6, 6.07) is 0. The highest BCUT2D eigenvalue weighted by molar-refractivity contribution is 4.91. The van der Waals surface area contributed by atoms with Gasteiger partial charge in [0.1, 0.15) is 6.10 Å². The normalized spacial score (nSPS) is 23.7. The van der Waals surface area contributed by atoms with Crippen LogP contribution in [-0.2, 0) is 14.2 Å². The molecule has 0 aromatic carbocycles. The van der Waals surface area contributed by atoms with Gasteiger partial charge in [0, 0.05) is 13.7 Å². The summed E-state index contributed by atoms with van der Waals surface area (Å²) in [4.78, 5) is 0. The lowest BCUT2D eigenvalue weighted by molar-refractivity contribution is -0.123. The first-order valence-electron chi connectivity index (χ1n) is 7.95. The molecule has 1 rings (SSSR count). The molecule has 2 atom stereocenters. The summed E-state index contributed by atoms with van der Waals surface area (Å²) in [6.07, 6.45) is 3.50. The van der Waals surface area contributed by atoms with Gasteiger partial charge in [-0.15, -0.1) is 0 Å². The maximum absolute atomic E-state index is 9.98. The van der Waals surface area contributed by atoms with Crippen LogP contribution in [0.15, 0.2) is 0 Å². The molecule has 0 amide bonds. The Morgan fingerprint density at radius 3 is 2.24 bits per heavy atom. The van der Waals surface area contributed by atoms with E-state index in [9.17, 15) is 5.11 Å². The van der Waals surface area contributed by atoms with Crippen LogP contribution in [0.5, 0.6) is 0 Å². The number of ether oxygens (including phenoxy) is 3. The molecule has 5 nitrogen and oxygen atoms in total. The zero-order valence-corrected chi connectivity index (χ0v) is 14.1. The van der Waals surface area contributed by atoms with Crippen molar-refractivity contribution in [2.24, 2.45) is 11.1 Å². The first-order chi connectivity index (χ1) is 9.82. The number of hydrogen-bond donors (Lipinski definition) is 2. The molecular formula is C16H33NO4. The average molecular weight is 303 g/mol. The quantitative estimate of drug-likeness (QED) is 0.678. The van der Waals surface area contributed by atoms with E-state index in [1.807, 2.05) is 6.92 Å². The zero-order chi connectivity index (χ0) is 15.9. The summed E-state index contributed by atoms with van der Waals surface area (Å²) in [5.41, 5.74) is 6.03. The van der Waals surface area contributed by atoms with Crippen LogP contribution in [0.2, 0.25) is 0 Å². The summed E-state index contributed by atoms with van der Waals surface area (Å²) in [5.74, 6) is 0. The van der Waals surface area contributed by atoms with Gasteiger partial charge in [-0.2, -0.15) is 0 Å². The van der Waals surface area contributed by atoms with Gasteiger partial charge in [0.25, 0.3) is 0 Å². The summed E-state index contributed by atoms with van der Waals surface area (Å²) in [6.45, 7) is 8.06. The minimum atomic E-state index is -0.623. The predicted molar refractivity (Wildman–Crippen MR) is 83.3 cm³/mol. The van der Waals surface area contributed by atoms with Crippen LogP contribution < -0.4 is 5.73 Å². The van der Waals surface area contributed by atoms with Crippen molar-refractivity contribution < 1.29 is 19.3 Å². The Labute approximate surface area is 129 Å². The molecule has 1 saturated carbocycles. The van der Waals surface area contributed by atoms with Crippen molar-refractivity contribution >= 4 is 0 Å². The molecule has 0 heterocycles. The van der Waals surface area contributed by atoms with E-state index in [4.69, 9.17) is 19.9 Å². The monoisotopic (exact) mass is 303 g/mol. The summed E-state index contributed by atoms with van der Waals surface area (Å²) < 4.78 is 16.5. The molecule has 0 saturated heterocycles. The molecule has 0 aromatic rings. The first-order valence-corrected chi connectivity index (χ1v) is 7.95. The largest absolute Gasteiger partial charge is 0.388 e. The van der Waals surface area contributed by atoms with Crippen molar-refractivity contribution in [3.05, 3.63) is 0 Å². The maximum atomic E-state index is 9.98. The number of methoxy groups -OCH3 is 1. The molecule has 126 valence electrons. The Hall–Kier alpha value is -0.200. The topological polar surface area (TPSA) is 73.9 Å². The Bertz CT molecular complexity index is 286. The molecule has 3 N–H and O–H groups in total. The number of aliphatic hydroxyl groups is 1. The molecule has 0 aromatic heterocycles. The Morgan fingerprint density at radius 2 is 1.71 bits per heavy atom. The van der Waals surface area contributed by atoms with E-state index < -0.39 is 6.10 Å². The highest BCUT2D eigenvalue weighted by Crippen LogP contribution is 2.41. The van der Waals surface area contributed by atoms with Crippen molar-refractivity contribution in [1.29, 1.82) is 0 Å². The molecule has 0 spiro atoms. The van der Waals surface area contributed by atoms with Gasteiger partial charge in [-0.3, -0.25) is 0 Å². The van der Waals surface area contributed by atoms with Gasteiger partial charge in [-0.05, 0) is 38.0 Å². The molecule has 2 unspecified atom stereocenters. The lowest BCUT2D eigenvalue weighted by Gasteiger charge is -2.43. The van der Waals surface area contributed by atoms with Crippen molar-refractivity contribution in [2.75, 3.05) is 33.5 Å².